The highest BCUT2D eigenvalue weighted by Gasteiger charge is 2.15. The lowest BCUT2D eigenvalue weighted by Gasteiger charge is -2.18. The van der Waals surface area contributed by atoms with Crippen molar-refractivity contribution in [1.29, 1.82) is 0 Å². The molecular weight excluding hydrogens is 188 g/mol. The van der Waals surface area contributed by atoms with Crippen LogP contribution in [-0.2, 0) is 0 Å². The predicted octanol–water partition coefficient (Wildman–Crippen LogP) is 0.598. The molecule has 0 aliphatic carbocycles. The number of rotatable bonds is 3. The molecule has 1 aromatic rings. The van der Waals surface area contributed by atoms with Crippen molar-refractivity contribution in [3.05, 3.63) is 34.4 Å². The van der Waals surface area contributed by atoms with Gasteiger partial charge in [-0.3, -0.25) is 15.8 Å². The molecule has 0 amide bonds. The summed E-state index contributed by atoms with van der Waals surface area (Å²) in [5.74, 6) is -1.51. The quantitative estimate of drug-likeness (QED) is 0.421. The summed E-state index contributed by atoms with van der Waals surface area (Å²) < 4.78 is 4.85. The van der Waals surface area contributed by atoms with E-state index in [9.17, 15) is 10.1 Å². The van der Waals surface area contributed by atoms with E-state index in [1.54, 1.807) is 0 Å². The highest BCUT2D eigenvalue weighted by atomic mass is 16.6. The van der Waals surface area contributed by atoms with Crippen LogP contribution in [0.4, 0.5) is 5.69 Å². The van der Waals surface area contributed by atoms with Crippen LogP contribution in [0, 0.1) is 10.1 Å². The maximum atomic E-state index is 10.3. The largest absolute Gasteiger partial charge is 0.450 e. The van der Waals surface area contributed by atoms with Crippen molar-refractivity contribution in [2.75, 3.05) is 0 Å². The Bertz CT molecular complexity index is 328. The summed E-state index contributed by atoms with van der Waals surface area (Å²) >= 11 is 0. The van der Waals surface area contributed by atoms with E-state index in [1.165, 1.54) is 31.2 Å². The fraction of sp³-hybridized carbons (Fsp3) is 0.250. The molecule has 0 saturated carbocycles. The van der Waals surface area contributed by atoms with E-state index >= 15 is 0 Å². The fourth-order valence-electron chi connectivity index (χ4n) is 0.874. The van der Waals surface area contributed by atoms with Crippen molar-refractivity contribution >= 4 is 5.69 Å². The van der Waals surface area contributed by atoms with E-state index in [2.05, 4.69) is 0 Å². The van der Waals surface area contributed by atoms with Gasteiger partial charge < -0.3 is 9.84 Å². The molecule has 0 heterocycles. The van der Waals surface area contributed by atoms with Gasteiger partial charge in [-0.1, -0.05) is 0 Å². The number of benzene rings is 1. The van der Waals surface area contributed by atoms with E-state index in [1.807, 2.05) is 0 Å². The van der Waals surface area contributed by atoms with Crippen LogP contribution in [0.15, 0.2) is 24.3 Å². The maximum Gasteiger partial charge on any atom is 0.269 e. The number of ether oxygens (including phenoxy) is 1. The Morgan fingerprint density at radius 1 is 1.50 bits per heavy atom. The molecular formula is C8H10N2O4. The predicted molar refractivity (Wildman–Crippen MR) is 48.5 cm³/mol. The molecule has 0 aliphatic heterocycles. The zero-order valence-electron chi connectivity index (χ0n) is 7.51. The zero-order valence-corrected chi connectivity index (χ0v) is 7.51. The molecule has 6 nitrogen and oxygen atoms in total. The molecule has 0 saturated heterocycles. The fourth-order valence-corrected chi connectivity index (χ4v) is 0.874. The highest BCUT2D eigenvalue weighted by molar-refractivity contribution is 5.36. The standard InChI is InChI=1S/C8H10N2O4/c1-8(9,11)14-7-4-2-6(3-5-7)10(12)13/h2-5,11H,9H2,1H3. The summed E-state index contributed by atoms with van der Waals surface area (Å²) in [4.78, 5) is 9.76. The van der Waals surface area contributed by atoms with Gasteiger partial charge in [0.1, 0.15) is 5.75 Å². The van der Waals surface area contributed by atoms with E-state index in [-0.39, 0.29) is 11.4 Å². The van der Waals surface area contributed by atoms with E-state index in [0.717, 1.165) is 0 Å². The van der Waals surface area contributed by atoms with E-state index in [0.29, 0.717) is 0 Å². The maximum absolute atomic E-state index is 10.3. The van der Waals surface area contributed by atoms with Crippen molar-refractivity contribution in [1.82, 2.24) is 0 Å². The van der Waals surface area contributed by atoms with E-state index < -0.39 is 10.8 Å². The normalized spacial score (nSPS) is 14.5. The number of nitrogens with two attached hydrogens (primary N) is 1. The number of nitro groups is 1. The first kappa shape index (κ1) is 10.4. The smallest absolute Gasteiger partial charge is 0.269 e. The van der Waals surface area contributed by atoms with Crippen LogP contribution in [0.1, 0.15) is 6.92 Å². The van der Waals surface area contributed by atoms with Crippen LogP contribution < -0.4 is 10.5 Å². The minimum atomic E-state index is -1.78. The van der Waals surface area contributed by atoms with Gasteiger partial charge in [-0.05, 0) is 12.1 Å². The lowest BCUT2D eigenvalue weighted by atomic mass is 10.3. The van der Waals surface area contributed by atoms with Gasteiger partial charge in [0.25, 0.3) is 11.6 Å². The molecule has 0 spiro atoms. The first-order valence-corrected chi connectivity index (χ1v) is 3.83. The van der Waals surface area contributed by atoms with Crippen molar-refractivity contribution in [3.63, 3.8) is 0 Å². The van der Waals surface area contributed by atoms with Crippen molar-refractivity contribution < 1.29 is 14.8 Å². The Morgan fingerprint density at radius 3 is 2.36 bits per heavy atom. The van der Waals surface area contributed by atoms with Crippen LogP contribution in [0.2, 0.25) is 0 Å². The Morgan fingerprint density at radius 2 is 2.00 bits per heavy atom. The summed E-state index contributed by atoms with van der Waals surface area (Å²) in [6, 6.07) is 5.25. The lowest BCUT2D eigenvalue weighted by molar-refractivity contribution is -0.384. The van der Waals surface area contributed by atoms with E-state index in [4.69, 9.17) is 15.6 Å². The Labute approximate surface area is 80.1 Å². The number of hydrogen-bond donors (Lipinski definition) is 2. The summed E-state index contributed by atoms with van der Waals surface area (Å²) in [6.45, 7) is 1.26. The zero-order chi connectivity index (χ0) is 10.8. The molecule has 6 heteroatoms. The van der Waals surface area contributed by atoms with Crippen molar-refractivity contribution in [3.8, 4) is 5.75 Å². The molecule has 3 N–H and O–H groups in total. The van der Waals surface area contributed by atoms with Crippen LogP contribution in [0.25, 0.3) is 0 Å². The molecule has 1 rings (SSSR count). The number of nitro benzene ring substituents is 1. The minimum Gasteiger partial charge on any atom is -0.450 e. The van der Waals surface area contributed by atoms with Gasteiger partial charge in [0.2, 0.25) is 0 Å². The first-order valence-electron chi connectivity index (χ1n) is 3.83. The monoisotopic (exact) mass is 198 g/mol. The van der Waals surface area contributed by atoms with Gasteiger partial charge in [0, 0.05) is 19.1 Å². The molecule has 1 aromatic carbocycles. The number of aliphatic hydroxyl groups is 1. The van der Waals surface area contributed by atoms with Crippen LogP contribution in [0.3, 0.4) is 0 Å². The second-order valence-electron chi connectivity index (χ2n) is 2.91. The average molecular weight is 198 g/mol. The Kier molecular flexibility index (Phi) is 2.68. The van der Waals surface area contributed by atoms with Gasteiger partial charge in [-0.2, -0.15) is 0 Å². The molecule has 0 aromatic heterocycles. The van der Waals surface area contributed by atoms with Gasteiger partial charge in [0.15, 0.2) is 0 Å². The Hall–Kier alpha value is -1.66. The molecule has 76 valence electrons. The number of nitrogens with zero attached hydrogens (tertiary/aromatic N) is 1. The molecule has 0 aliphatic rings. The minimum absolute atomic E-state index is 0.0472. The summed E-state index contributed by atoms with van der Waals surface area (Å²) in [5.41, 5.74) is 5.12. The van der Waals surface area contributed by atoms with Crippen molar-refractivity contribution in [2.45, 2.75) is 12.8 Å². The lowest BCUT2D eigenvalue weighted by Crippen LogP contribution is -2.42. The highest BCUT2D eigenvalue weighted by Crippen LogP contribution is 2.19. The van der Waals surface area contributed by atoms with Gasteiger partial charge in [-0.25, -0.2) is 0 Å². The van der Waals surface area contributed by atoms with Crippen molar-refractivity contribution in [2.24, 2.45) is 5.73 Å². The first-order chi connectivity index (χ1) is 6.38. The third-order valence-corrected chi connectivity index (χ3v) is 1.37. The molecule has 0 fully saturated rings. The van der Waals surface area contributed by atoms with Crippen LogP contribution in [-0.4, -0.2) is 15.9 Å². The molecule has 14 heavy (non-hydrogen) atoms. The molecule has 1 atom stereocenters. The number of non-ortho nitro benzene ring substituents is 1. The average Bonchev–Trinajstić information content (AvgIpc) is 2.02. The van der Waals surface area contributed by atoms with Gasteiger partial charge in [-0.15, -0.1) is 0 Å². The molecule has 0 bridgehead atoms. The van der Waals surface area contributed by atoms with Gasteiger partial charge >= 0.3 is 0 Å². The summed E-state index contributed by atoms with van der Waals surface area (Å²) in [6.07, 6.45) is 0. The van der Waals surface area contributed by atoms with Gasteiger partial charge in [0.05, 0.1) is 4.92 Å². The number of hydrogen-bond acceptors (Lipinski definition) is 5. The third kappa shape index (κ3) is 3.00. The van der Waals surface area contributed by atoms with Crippen LogP contribution >= 0.6 is 0 Å². The summed E-state index contributed by atoms with van der Waals surface area (Å²) in [7, 11) is 0. The third-order valence-electron chi connectivity index (χ3n) is 1.37. The van der Waals surface area contributed by atoms with Crippen LogP contribution in [0.5, 0.6) is 5.75 Å². The topological polar surface area (TPSA) is 98.6 Å². The molecule has 1 unspecified atom stereocenters. The Balaban J connectivity index is 2.79. The second-order valence-corrected chi connectivity index (χ2v) is 2.91. The molecule has 0 radical (unpaired) electrons. The SMILES string of the molecule is CC(N)(O)Oc1ccc([N+](=O)[O-])cc1. The summed E-state index contributed by atoms with van der Waals surface area (Å²) in [5, 5.41) is 19.4. The second kappa shape index (κ2) is 3.60.